The van der Waals surface area contributed by atoms with Gasteiger partial charge in [-0.15, -0.1) is 0 Å². The number of amides is 1. The van der Waals surface area contributed by atoms with E-state index in [9.17, 15) is 19.5 Å². The fourth-order valence-electron chi connectivity index (χ4n) is 2.29. The third-order valence-corrected chi connectivity index (χ3v) is 3.24. The molecule has 0 aliphatic carbocycles. The van der Waals surface area contributed by atoms with Crippen molar-refractivity contribution in [2.45, 2.75) is 25.4 Å². The lowest BCUT2D eigenvalue weighted by molar-refractivity contribution is -0.143. The highest BCUT2D eigenvalue weighted by Crippen LogP contribution is 2.32. The second-order valence-electron chi connectivity index (χ2n) is 4.53. The monoisotopic (exact) mass is 279 g/mol. The Morgan fingerprint density at radius 3 is 2.55 bits per heavy atom. The van der Waals surface area contributed by atoms with Crippen LogP contribution in [0.2, 0.25) is 0 Å². The Morgan fingerprint density at radius 1 is 1.30 bits per heavy atom. The lowest BCUT2D eigenvalue weighted by Crippen LogP contribution is -2.41. The van der Waals surface area contributed by atoms with Crippen molar-refractivity contribution in [1.82, 2.24) is 4.90 Å². The Kier molecular flexibility index (Phi) is 3.60. The first kappa shape index (κ1) is 13.9. The number of carboxylic acid groups (broad SMARTS) is 2. The van der Waals surface area contributed by atoms with Crippen molar-refractivity contribution in [3.8, 4) is 5.75 Å². The number of aromatic hydroxyl groups is 1. The van der Waals surface area contributed by atoms with Crippen molar-refractivity contribution >= 4 is 17.8 Å². The van der Waals surface area contributed by atoms with Crippen molar-refractivity contribution in [3.05, 3.63) is 29.3 Å². The summed E-state index contributed by atoms with van der Waals surface area (Å²) in [6.45, 7) is 0.0547. The van der Waals surface area contributed by atoms with Gasteiger partial charge in [-0.3, -0.25) is 9.59 Å². The van der Waals surface area contributed by atoms with E-state index >= 15 is 0 Å². The lowest BCUT2D eigenvalue weighted by atomic mass is 10.1. The molecule has 1 aromatic carbocycles. The minimum absolute atomic E-state index is 0.0547. The van der Waals surface area contributed by atoms with E-state index in [2.05, 4.69) is 0 Å². The van der Waals surface area contributed by atoms with Crippen LogP contribution < -0.4 is 0 Å². The summed E-state index contributed by atoms with van der Waals surface area (Å²) in [5.74, 6) is -3.16. The van der Waals surface area contributed by atoms with E-state index in [1.165, 1.54) is 6.07 Å². The minimum atomic E-state index is -1.26. The van der Waals surface area contributed by atoms with Gasteiger partial charge in [-0.25, -0.2) is 4.79 Å². The number of hydrogen-bond donors (Lipinski definition) is 3. The van der Waals surface area contributed by atoms with Crippen molar-refractivity contribution in [2.24, 2.45) is 0 Å². The molecule has 0 bridgehead atoms. The molecule has 0 fully saturated rings. The first-order valence-electron chi connectivity index (χ1n) is 5.98. The van der Waals surface area contributed by atoms with Gasteiger partial charge in [-0.1, -0.05) is 12.1 Å². The Balaban J connectivity index is 2.25. The topological polar surface area (TPSA) is 115 Å². The van der Waals surface area contributed by atoms with Crippen molar-refractivity contribution < 1.29 is 29.7 Å². The molecule has 7 nitrogen and oxygen atoms in total. The molecule has 1 aliphatic heterocycles. The van der Waals surface area contributed by atoms with E-state index in [1.807, 2.05) is 0 Å². The predicted molar refractivity (Wildman–Crippen MR) is 66.3 cm³/mol. The van der Waals surface area contributed by atoms with Crippen LogP contribution in [0.25, 0.3) is 0 Å². The number of phenolic OH excluding ortho intramolecular Hbond substituents is 1. The molecular formula is C13H13NO6. The highest BCUT2D eigenvalue weighted by atomic mass is 16.4. The van der Waals surface area contributed by atoms with Gasteiger partial charge in [0.1, 0.15) is 11.8 Å². The first-order valence-corrected chi connectivity index (χ1v) is 5.98. The number of phenols is 1. The fourth-order valence-corrected chi connectivity index (χ4v) is 2.29. The molecule has 0 saturated carbocycles. The summed E-state index contributed by atoms with van der Waals surface area (Å²) in [6.07, 6.45) is -0.520. The standard InChI is InChI=1S/C13H13NO6/c15-9-3-1-2-7-6-14(12(18)11(7)9)8(13(19)20)4-5-10(16)17/h1-3,8,15H,4-6H2,(H,16,17)(H,19,20). The first-order chi connectivity index (χ1) is 9.41. The second-order valence-corrected chi connectivity index (χ2v) is 4.53. The molecule has 1 aliphatic rings. The van der Waals surface area contributed by atoms with Crippen LogP contribution in [0.3, 0.4) is 0 Å². The SMILES string of the molecule is O=C(O)CCC(C(=O)O)N1Cc2cccc(O)c2C1=O. The largest absolute Gasteiger partial charge is 0.507 e. The second kappa shape index (κ2) is 5.20. The molecule has 106 valence electrons. The van der Waals surface area contributed by atoms with Crippen LogP contribution >= 0.6 is 0 Å². The van der Waals surface area contributed by atoms with Gasteiger partial charge in [-0.2, -0.15) is 0 Å². The molecule has 1 amide bonds. The summed E-state index contributed by atoms with van der Waals surface area (Å²) in [5, 5.41) is 27.5. The molecule has 2 rings (SSSR count). The highest BCUT2D eigenvalue weighted by molar-refractivity contribution is 6.02. The molecule has 1 heterocycles. The van der Waals surface area contributed by atoms with Gasteiger partial charge in [0.2, 0.25) is 0 Å². The number of fused-ring (bicyclic) bond motifs is 1. The van der Waals surface area contributed by atoms with Gasteiger partial charge < -0.3 is 20.2 Å². The molecule has 1 unspecified atom stereocenters. The van der Waals surface area contributed by atoms with Gasteiger partial charge in [0.25, 0.3) is 5.91 Å². The third kappa shape index (κ3) is 2.42. The van der Waals surface area contributed by atoms with E-state index in [4.69, 9.17) is 10.2 Å². The van der Waals surface area contributed by atoms with E-state index in [1.54, 1.807) is 12.1 Å². The zero-order valence-corrected chi connectivity index (χ0v) is 10.4. The average molecular weight is 279 g/mol. The highest BCUT2D eigenvalue weighted by Gasteiger charge is 2.37. The summed E-state index contributed by atoms with van der Waals surface area (Å²) in [5.41, 5.74) is 0.630. The number of carbonyl (C=O) groups is 3. The smallest absolute Gasteiger partial charge is 0.326 e. The van der Waals surface area contributed by atoms with Crippen LogP contribution in [0.15, 0.2) is 18.2 Å². The van der Waals surface area contributed by atoms with Crippen LogP contribution in [0.1, 0.15) is 28.8 Å². The Labute approximate surface area is 114 Å². The number of aliphatic carboxylic acids is 2. The van der Waals surface area contributed by atoms with Crippen LogP contribution in [-0.4, -0.2) is 44.1 Å². The molecule has 7 heteroatoms. The maximum Gasteiger partial charge on any atom is 0.326 e. The fraction of sp³-hybridized carbons (Fsp3) is 0.308. The van der Waals surface area contributed by atoms with Gasteiger partial charge in [0.05, 0.1) is 5.56 Å². The maximum atomic E-state index is 12.2. The van der Waals surface area contributed by atoms with Gasteiger partial charge in [-0.05, 0) is 18.1 Å². The molecule has 0 radical (unpaired) electrons. The molecule has 0 aromatic heterocycles. The summed E-state index contributed by atoms with van der Waals surface area (Å²) in [4.78, 5) is 35.0. The van der Waals surface area contributed by atoms with Crippen LogP contribution in [0, 0.1) is 0 Å². The maximum absolute atomic E-state index is 12.2. The molecule has 0 spiro atoms. The normalized spacial score (nSPS) is 15.0. The number of benzene rings is 1. The number of carboxylic acids is 2. The van der Waals surface area contributed by atoms with Crippen LogP contribution in [0.5, 0.6) is 5.75 Å². The van der Waals surface area contributed by atoms with Gasteiger partial charge >= 0.3 is 11.9 Å². The summed E-state index contributed by atoms with van der Waals surface area (Å²) < 4.78 is 0. The third-order valence-electron chi connectivity index (χ3n) is 3.24. The van der Waals surface area contributed by atoms with E-state index in [0.717, 1.165) is 4.90 Å². The molecule has 3 N–H and O–H groups in total. The zero-order chi connectivity index (χ0) is 14.9. The van der Waals surface area contributed by atoms with E-state index in [0.29, 0.717) is 5.56 Å². The molecule has 20 heavy (non-hydrogen) atoms. The van der Waals surface area contributed by atoms with Gasteiger partial charge in [0.15, 0.2) is 0 Å². The summed E-state index contributed by atoms with van der Waals surface area (Å²) >= 11 is 0. The Bertz CT molecular complexity index is 582. The Morgan fingerprint density at radius 2 is 2.00 bits per heavy atom. The number of hydrogen-bond acceptors (Lipinski definition) is 4. The van der Waals surface area contributed by atoms with E-state index < -0.39 is 23.9 Å². The van der Waals surface area contributed by atoms with Gasteiger partial charge in [0, 0.05) is 13.0 Å². The zero-order valence-electron chi connectivity index (χ0n) is 10.4. The number of rotatable bonds is 5. The average Bonchev–Trinajstić information content (AvgIpc) is 2.68. The van der Waals surface area contributed by atoms with Crippen molar-refractivity contribution in [3.63, 3.8) is 0 Å². The van der Waals surface area contributed by atoms with Crippen LogP contribution in [-0.2, 0) is 16.1 Å². The predicted octanol–water partition coefficient (Wildman–Crippen LogP) is 0.666. The summed E-state index contributed by atoms with van der Waals surface area (Å²) in [6, 6.07) is 3.33. The van der Waals surface area contributed by atoms with Crippen molar-refractivity contribution in [1.29, 1.82) is 0 Å². The van der Waals surface area contributed by atoms with Crippen molar-refractivity contribution in [2.75, 3.05) is 0 Å². The quantitative estimate of drug-likeness (QED) is 0.729. The Hall–Kier alpha value is -2.57. The van der Waals surface area contributed by atoms with Crippen LogP contribution in [0.4, 0.5) is 0 Å². The number of nitrogens with zero attached hydrogens (tertiary/aromatic N) is 1. The summed E-state index contributed by atoms with van der Waals surface area (Å²) in [7, 11) is 0. The molecular weight excluding hydrogens is 266 g/mol. The molecule has 0 saturated heterocycles. The lowest BCUT2D eigenvalue weighted by Gasteiger charge is -2.23. The minimum Gasteiger partial charge on any atom is -0.507 e. The molecule has 1 aromatic rings. The van der Waals surface area contributed by atoms with E-state index in [-0.39, 0.29) is 30.7 Å². The number of carbonyl (C=O) groups excluding carboxylic acids is 1. The molecule has 1 atom stereocenters.